The van der Waals surface area contributed by atoms with Crippen molar-refractivity contribution in [3.63, 3.8) is 0 Å². The molecule has 0 unspecified atom stereocenters. The van der Waals surface area contributed by atoms with Crippen molar-refractivity contribution in [2.45, 2.75) is 50.6 Å². The van der Waals surface area contributed by atoms with E-state index in [2.05, 4.69) is 44.6 Å². The molecule has 5 nitrogen and oxygen atoms in total. The van der Waals surface area contributed by atoms with Crippen molar-refractivity contribution in [1.29, 1.82) is 0 Å². The van der Waals surface area contributed by atoms with Gasteiger partial charge in [-0.05, 0) is 44.7 Å². The van der Waals surface area contributed by atoms with E-state index in [-0.39, 0.29) is 11.5 Å². The molecule has 27 heavy (non-hydrogen) atoms. The van der Waals surface area contributed by atoms with Crippen LogP contribution in [0, 0.1) is 6.92 Å². The monoisotopic (exact) mass is 366 g/mol. The fourth-order valence-corrected chi connectivity index (χ4v) is 4.85. The van der Waals surface area contributed by atoms with Crippen molar-refractivity contribution >= 4 is 5.91 Å². The minimum Gasteiger partial charge on any atom is -0.339 e. The fourth-order valence-electron chi connectivity index (χ4n) is 4.85. The Morgan fingerprint density at radius 1 is 1.15 bits per heavy atom. The zero-order valence-corrected chi connectivity index (χ0v) is 16.5. The van der Waals surface area contributed by atoms with Crippen LogP contribution >= 0.6 is 0 Å². The topological polar surface area (TPSA) is 41.4 Å². The summed E-state index contributed by atoms with van der Waals surface area (Å²) in [5.74, 6) is 1.42. The van der Waals surface area contributed by atoms with E-state index >= 15 is 0 Å². The van der Waals surface area contributed by atoms with Gasteiger partial charge in [0.25, 0.3) is 0 Å². The summed E-state index contributed by atoms with van der Waals surface area (Å²) >= 11 is 0. The number of rotatable bonds is 5. The summed E-state index contributed by atoms with van der Waals surface area (Å²) in [4.78, 5) is 21.8. The van der Waals surface area contributed by atoms with Gasteiger partial charge in [0.15, 0.2) is 0 Å². The Morgan fingerprint density at radius 3 is 2.56 bits per heavy atom. The Kier molecular flexibility index (Phi) is 5.04. The summed E-state index contributed by atoms with van der Waals surface area (Å²) < 4.78 is 2.22. The van der Waals surface area contributed by atoms with Crippen LogP contribution in [0.3, 0.4) is 0 Å². The standard InChI is InChI=1S/C22H30N4O/c1-18-23-11-16-26(18)13-6-12-25-14-9-22(10-15-25)17-20(21(27)24(22)2)19-7-4-3-5-8-19/h3-5,7-8,11,16,20H,6,9-10,12-15,17H2,1-2H3/t20-/m1/s1. The molecule has 144 valence electrons. The van der Waals surface area contributed by atoms with Crippen molar-refractivity contribution in [3.05, 3.63) is 54.1 Å². The first-order valence-corrected chi connectivity index (χ1v) is 10.1. The van der Waals surface area contributed by atoms with E-state index in [0.29, 0.717) is 5.91 Å². The second-order valence-corrected chi connectivity index (χ2v) is 8.15. The van der Waals surface area contributed by atoms with Gasteiger partial charge < -0.3 is 14.4 Å². The predicted molar refractivity (Wildman–Crippen MR) is 107 cm³/mol. The van der Waals surface area contributed by atoms with Crippen molar-refractivity contribution in [3.8, 4) is 0 Å². The van der Waals surface area contributed by atoms with Crippen LogP contribution in [0.1, 0.15) is 43.0 Å². The maximum Gasteiger partial charge on any atom is 0.230 e. The minimum absolute atomic E-state index is 0.0342. The Labute approximate surface area is 162 Å². The van der Waals surface area contributed by atoms with Crippen LogP contribution in [0.25, 0.3) is 0 Å². The first kappa shape index (κ1) is 18.2. The Morgan fingerprint density at radius 2 is 1.89 bits per heavy atom. The summed E-state index contributed by atoms with van der Waals surface area (Å²) in [6.45, 7) is 6.38. The first-order chi connectivity index (χ1) is 13.1. The largest absolute Gasteiger partial charge is 0.339 e. The highest BCUT2D eigenvalue weighted by Gasteiger charge is 2.50. The lowest BCUT2D eigenvalue weighted by atomic mass is 9.81. The van der Waals surface area contributed by atoms with E-state index in [1.165, 1.54) is 5.56 Å². The molecule has 2 aliphatic rings. The second kappa shape index (κ2) is 7.47. The summed E-state index contributed by atoms with van der Waals surface area (Å²) in [5.41, 5.74) is 1.22. The molecule has 1 aromatic carbocycles. The van der Waals surface area contributed by atoms with Crippen LogP contribution in [0.4, 0.5) is 0 Å². The van der Waals surface area contributed by atoms with E-state index in [0.717, 1.165) is 57.7 Å². The van der Waals surface area contributed by atoms with Gasteiger partial charge in [-0.25, -0.2) is 4.98 Å². The van der Waals surface area contributed by atoms with E-state index in [4.69, 9.17) is 0 Å². The zero-order valence-electron chi connectivity index (χ0n) is 16.5. The van der Waals surface area contributed by atoms with E-state index < -0.39 is 0 Å². The lowest BCUT2D eigenvalue weighted by Gasteiger charge is -2.43. The molecular weight excluding hydrogens is 336 g/mol. The normalized spacial score (nSPS) is 22.7. The quantitative estimate of drug-likeness (QED) is 0.817. The molecule has 3 heterocycles. The average Bonchev–Trinajstić information content (AvgIpc) is 3.21. The van der Waals surface area contributed by atoms with Gasteiger partial charge in [0, 0.05) is 44.6 Å². The molecule has 1 amide bonds. The predicted octanol–water partition coefficient (Wildman–Crippen LogP) is 3.06. The maximum atomic E-state index is 12.9. The third kappa shape index (κ3) is 3.53. The molecule has 2 aromatic rings. The van der Waals surface area contributed by atoms with E-state index in [9.17, 15) is 4.79 Å². The van der Waals surface area contributed by atoms with Gasteiger partial charge >= 0.3 is 0 Å². The smallest absolute Gasteiger partial charge is 0.230 e. The third-order valence-corrected chi connectivity index (χ3v) is 6.71. The van der Waals surface area contributed by atoms with Crippen molar-refractivity contribution in [2.75, 3.05) is 26.7 Å². The van der Waals surface area contributed by atoms with Gasteiger partial charge in [-0.2, -0.15) is 0 Å². The summed E-state index contributed by atoms with van der Waals surface area (Å²) in [5, 5.41) is 0. The summed E-state index contributed by atoms with van der Waals surface area (Å²) in [7, 11) is 2.02. The molecule has 0 N–H and O–H groups in total. The van der Waals surface area contributed by atoms with Crippen LogP contribution in [0.5, 0.6) is 0 Å². The fraction of sp³-hybridized carbons (Fsp3) is 0.545. The molecule has 4 rings (SSSR count). The maximum absolute atomic E-state index is 12.9. The number of hydrogen-bond acceptors (Lipinski definition) is 3. The zero-order chi connectivity index (χ0) is 18.9. The number of benzene rings is 1. The molecule has 0 bridgehead atoms. The second-order valence-electron chi connectivity index (χ2n) is 8.15. The molecule has 2 aliphatic heterocycles. The molecular formula is C22H30N4O. The van der Waals surface area contributed by atoms with Crippen LogP contribution in [-0.4, -0.2) is 57.5 Å². The number of carbonyl (C=O) groups is 1. The Balaban J connectivity index is 1.32. The van der Waals surface area contributed by atoms with Crippen LogP contribution in [0.15, 0.2) is 42.7 Å². The van der Waals surface area contributed by atoms with Crippen molar-refractivity contribution in [1.82, 2.24) is 19.4 Å². The van der Waals surface area contributed by atoms with Crippen LogP contribution in [-0.2, 0) is 11.3 Å². The lowest BCUT2D eigenvalue weighted by Crippen LogP contribution is -2.51. The van der Waals surface area contributed by atoms with E-state index in [1.54, 1.807) is 0 Å². The minimum atomic E-state index is 0.0342. The number of imidazole rings is 1. The molecule has 1 spiro atoms. The highest BCUT2D eigenvalue weighted by atomic mass is 16.2. The summed E-state index contributed by atoms with van der Waals surface area (Å²) in [6.07, 6.45) is 8.21. The van der Waals surface area contributed by atoms with Gasteiger partial charge in [0.05, 0.1) is 5.92 Å². The van der Waals surface area contributed by atoms with Crippen molar-refractivity contribution < 1.29 is 4.79 Å². The molecule has 1 aromatic heterocycles. The van der Waals surface area contributed by atoms with Crippen molar-refractivity contribution in [2.24, 2.45) is 0 Å². The number of nitrogens with zero attached hydrogens (tertiary/aromatic N) is 4. The number of amides is 1. The van der Waals surface area contributed by atoms with Crippen LogP contribution in [0.2, 0.25) is 0 Å². The number of aryl methyl sites for hydroxylation is 2. The van der Waals surface area contributed by atoms with Gasteiger partial charge in [-0.1, -0.05) is 30.3 Å². The molecule has 0 aliphatic carbocycles. The number of piperidine rings is 1. The highest BCUT2D eigenvalue weighted by Crippen LogP contribution is 2.44. The summed E-state index contributed by atoms with van der Waals surface area (Å²) in [6, 6.07) is 10.3. The van der Waals surface area contributed by atoms with Gasteiger partial charge in [0.2, 0.25) is 5.91 Å². The molecule has 0 saturated carbocycles. The van der Waals surface area contributed by atoms with Crippen LogP contribution < -0.4 is 0 Å². The van der Waals surface area contributed by atoms with Gasteiger partial charge in [-0.15, -0.1) is 0 Å². The molecule has 2 saturated heterocycles. The molecule has 0 radical (unpaired) electrons. The number of carbonyl (C=O) groups excluding carboxylic acids is 1. The molecule has 5 heteroatoms. The number of aromatic nitrogens is 2. The third-order valence-electron chi connectivity index (χ3n) is 6.71. The van der Waals surface area contributed by atoms with Gasteiger partial charge in [0.1, 0.15) is 5.82 Å². The highest BCUT2D eigenvalue weighted by molar-refractivity contribution is 5.87. The molecule has 1 atom stereocenters. The Hall–Kier alpha value is -2.14. The number of hydrogen-bond donors (Lipinski definition) is 0. The number of likely N-dealkylation sites (N-methyl/N-ethyl adjacent to an activating group) is 1. The molecule has 2 fully saturated rings. The number of likely N-dealkylation sites (tertiary alicyclic amines) is 2. The van der Waals surface area contributed by atoms with E-state index in [1.807, 2.05) is 31.4 Å². The Bertz CT molecular complexity index is 777. The average molecular weight is 367 g/mol. The first-order valence-electron chi connectivity index (χ1n) is 10.1. The lowest BCUT2D eigenvalue weighted by molar-refractivity contribution is -0.131. The van der Waals surface area contributed by atoms with Gasteiger partial charge in [-0.3, -0.25) is 4.79 Å². The SMILES string of the molecule is Cc1nccn1CCCN1CCC2(CC1)C[C@H](c1ccccc1)C(=O)N2C.